The molecule has 1 aromatic carbocycles. The van der Waals surface area contributed by atoms with Crippen molar-refractivity contribution in [3.05, 3.63) is 48.3 Å². The average Bonchev–Trinajstić information content (AvgIpc) is 2.21. The molecule has 0 amide bonds. The van der Waals surface area contributed by atoms with Crippen LogP contribution in [-0.2, 0) is 0 Å². The summed E-state index contributed by atoms with van der Waals surface area (Å²) in [6.07, 6.45) is 0. The smallest absolute Gasteiger partial charge is 0.416 e. The fourth-order valence-corrected chi connectivity index (χ4v) is 1.89. The number of aryl methyl sites for hydroxylation is 1. The van der Waals surface area contributed by atoms with Crippen molar-refractivity contribution in [2.45, 2.75) is 6.92 Å². The third kappa shape index (κ3) is 1.87. The molecular weight excluding hydrogens is 269 g/mol. The van der Waals surface area contributed by atoms with Crippen molar-refractivity contribution in [1.82, 2.24) is 0 Å². The molecule has 0 saturated heterocycles. The fraction of sp³-hybridized carbons (Fsp3) is 0.100. The van der Waals surface area contributed by atoms with Crippen molar-refractivity contribution < 1.29 is 9.34 Å². The number of nitrogens with zero attached hydrogens (tertiary/aromatic N) is 1. The molecule has 88 valence electrons. The molecular formula is C10H5Cl2NO4. The monoisotopic (exact) mass is 273 g/mol. The van der Waals surface area contributed by atoms with E-state index < -0.39 is 16.2 Å². The Labute approximate surface area is 105 Å². The molecule has 0 aliphatic heterocycles. The summed E-state index contributed by atoms with van der Waals surface area (Å²) in [7, 11) is 0. The predicted molar refractivity (Wildman–Crippen MR) is 63.9 cm³/mol. The predicted octanol–water partition coefficient (Wildman–Crippen LogP) is 3.32. The minimum atomic E-state index is -1.07. The van der Waals surface area contributed by atoms with Gasteiger partial charge in [0.15, 0.2) is 0 Å². The third-order valence-corrected chi connectivity index (χ3v) is 3.07. The first-order valence-electron chi connectivity index (χ1n) is 4.48. The van der Waals surface area contributed by atoms with Gasteiger partial charge in [-0.05, 0) is 24.6 Å². The molecule has 0 bridgehead atoms. The maximum Gasteiger partial charge on any atom is 0.416 e. The van der Waals surface area contributed by atoms with Crippen molar-refractivity contribution >= 4 is 39.9 Å². The molecule has 0 unspecified atom stereocenters. The van der Waals surface area contributed by atoms with Gasteiger partial charge in [0.2, 0.25) is 0 Å². The van der Waals surface area contributed by atoms with Crippen LogP contribution in [0.4, 0.5) is 5.69 Å². The van der Waals surface area contributed by atoms with E-state index in [1.165, 1.54) is 12.1 Å². The average molecular weight is 274 g/mol. The van der Waals surface area contributed by atoms with Crippen LogP contribution in [0.1, 0.15) is 5.56 Å². The molecule has 0 aliphatic rings. The summed E-state index contributed by atoms with van der Waals surface area (Å²) in [5.41, 5.74) is -0.993. The SMILES string of the molecule is Cc1cc2oc(=O)c([N+](=O)[O-])c(Cl)c2cc1Cl. The quantitative estimate of drug-likeness (QED) is 0.454. The van der Waals surface area contributed by atoms with Crippen LogP contribution in [0.15, 0.2) is 21.3 Å². The molecule has 0 atom stereocenters. The normalized spacial score (nSPS) is 10.8. The van der Waals surface area contributed by atoms with Crippen molar-refractivity contribution in [3.63, 3.8) is 0 Å². The van der Waals surface area contributed by atoms with Gasteiger partial charge < -0.3 is 4.42 Å². The minimum Gasteiger partial charge on any atom is -0.418 e. The van der Waals surface area contributed by atoms with Crippen molar-refractivity contribution in [3.8, 4) is 0 Å². The number of fused-ring (bicyclic) bond motifs is 1. The zero-order valence-corrected chi connectivity index (χ0v) is 10.0. The summed E-state index contributed by atoms with van der Waals surface area (Å²) < 4.78 is 4.83. The Morgan fingerprint density at radius 2 is 2.00 bits per heavy atom. The van der Waals surface area contributed by atoms with Gasteiger partial charge in [0.1, 0.15) is 10.6 Å². The molecule has 0 saturated carbocycles. The van der Waals surface area contributed by atoms with Gasteiger partial charge in [-0.1, -0.05) is 23.2 Å². The molecule has 0 aliphatic carbocycles. The molecule has 0 radical (unpaired) electrons. The Balaban J connectivity index is 2.97. The molecule has 1 aromatic heterocycles. The largest absolute Gasteiger partial charge is 0.418 e. The molecule has 17 heavy (non-hydrogen) atoms. The lowest BCUT2D eigenvalue weighted by molar-refractivity contribution is -0.387. The Morgan fingerprint density at radius 1 is 1.35 bits per heavy atom. The second-order valence-corrected chi connectivity index (χ2v) is 4.19. The zero-order valence-electron chi connectivity index (χ0n) is 8.49. The number of benzene rings is 1. The van der Waals surface area contributed by atoms with Crippen LogP contribution in [0.3, 0.4) is 0 Å². The maximum atomic E-state index is 11.4. The van der Waals surface area contributed by atoms with Gasteiger partial charge in [-0.25, -0.2) is 4.79 Å². The zero-order chi connectivity index (χ0) is 12.7. The molecule has 2 aromatic rings. The Kier molecular flexibility index (Phi) is 2.81. The van der Waals surface area contributed by atoms with E-state index in [0.29, 0.717) is 10.6 Å². The van der Waals surface area contributed by atoms with Crippen LogP contribution in [0, 0.1) is 17.0 Å². The molecule has 0 N–H and O–H groups in total. The molecule has 0 fully saturated rings. The van der Waals surface area contributed by atoms with Crippen LogP contribution in [-0.4, -0.2) is 4.92 Å². The Morgan fingerprint density at radius 3 is 2.59 bits per heavy atom. The molecule has 7 heteroatoms. The highest BCUT2D eigenvalue weighted by atomic mass is 35.5. The maximum absolute atomic E-state index is 11.4. The number of hydrogen-bond donors (Lipinski definition) is 0. The lowest BCUT2D eigenvalue weighted by atomic mass is 10.1. The molecule has 0 spiro atoms. The summed E-state index contributed by atoms with van der Waals surface area (Å²) in [5, 5.41) is 11.0. The Bertz CT molecular complexity index is 693. The van der Waals surface area contributed by atoms with E-state index in [2.05, 4.69) is 0 Å². The highest BCUT2D eigenvalue weighted by Gasteiger charge is 2.23. The molecule has 1 heterocycles. The van der Waals surface area contributed by atoms with E-state index in [-0.39, 0.29) is 16.0 Å². The summed E-state index contributed by atoms with van der Waals surface area (Å²) in [6.45, 7) is 1.72. The van der Waals surface area contributed by atoms with Crippen molar-refractivity contribution in [2.24, 2.45) is 0 Å². The van der Waals surface area contributed by atoms with Crippen LogP contribution in [0.25, 0.3) is 11.0 Å². The van der Waals surface area contributed by atoms with Crippen molar-refractivity contribution in [1.29, 1.82) is 0 Å². The van der Waals surface area contributed by atoms with Gasteiger partial charge in [-0.2, -0.15) is 0 Å². The molecule has 2 rings (SSSR count). The summed E-state index contributed by atoms with van der Waals surface area (Å²) in [4.78, 5) is 21.2. The Hall–Kier alpha value is -1.59. The van der Waals surface area contributed by atoms with E-state index in [4.69, 9.17) is 27.6 Å². The number of nitro groups is 1. The molecule has 5 nitrogen and oxygen atoms in total. The van der Waals surface area contributed by atoms with E-state index in [1.807, 2.05) is 0 Å². The summed E-state index contributed by atoms with van der Waals surface area (Å²) >= 11 is 11.7. The van der Waals surface area contributed by atoms with E-state index >= 15 is 0 Å². The first kappa shape index (κ1) is 11.9. The third-order valence-electron chi connectivity index (χ3n) is 2.28. The van der Waals surface area contributed by atoms with E-state index in [9.17, 15) is 14.9 Å². The summed E-state index contributed by atoms with van der Waals surface area (Å²) in [6, 6.07) is 2.94. The number of halogens is 2. The van der Waals surface area contributed by atoms with Crippen LogP contribution < -0.4 is 5.63 Å². The van der Waals surface area contributed by atoms with Gasteiger partial charge in [0, 0.05) is 10.4 Å². The lowest BCUT2D eigenvalue weighted by Crippen LogP contribution is -2.07. The van der Waals surface area contributed by atoms with Crippen LogP contribution in [0.5, 0.6) is 0 Å². The fourth-order valence-electron chi connectivity index (χ4n) is 1.43. The standard InChI is InChI=1S/C10H5Cl2NO4/c1-4-2-7-5(3-6(4)11)8(12)9(13(15)16)10(14)17-7/h2-3H,1H3. The first-order chi connectivity index (χ1) is 7.91. The minimum absolute atomic E-state index is 0.174. The highest BCUT2D eigenvalue weighted by molar-refractivity contribution is 6.38. The number of rotatable bonds is 1. The van der Waals surface area contributed by atoms with Gasteiger partial charge in [-0.3, -0.25) is 10.1 Å². The first-order valence-corrected chi connectivity index (χ1v) is 5.24. The topological polar surface area (TPSA) is 73.3 Å². The second-order valence-electron chi connectivity index (χ2n) is 3.41. The van der Waals surface area contributed by atoms with Gasteiger partial charge >= 0.3 is 11.3 Å². The highest BCUT2D eigenvalue weighted by Crippen LogP contribution is 2.32. The van der Waals surface area contributed by atoms with Gasteiger partial charge in [0.25, 0.3) is 0 Å². The van der Waals surface area contributed by atoms with Gasteiger partial charge in [0.05, 0.1) is 4.92 Å². The van der Waals surface area contributed by atoms with E-state index in [0.717, 1.165) is 0 Å². The second kappa shape index (κ2) is 4.01. The van der Waals surface area contributed by atoms with Gasteiger partial charge in [-0.15, -0.1) is 0 Å². The van der Waals surface area contributed by atoms with Crippen LogP contribution >= 0.6 is 23.2 Å². The van der Waals surface area contributed by atoms with E-state index in [1.54, 1.807) is 6.92 Å². The lowest BCUT2D eigenvalue weighted by Gasteiger charge is -2.03. The van der Waals surface area contributed by atoms with Crippen molar-refractivity contribution in [2.75, 3.05) is 0 Å². The van der Waals surface area contributed by atoms with Crippen LogP contribution in [0.2, 0.25) is 10.0 Å². The summed E-state index contributed by atoms with van der Waals surface area (Å²) in [5.74, 6) is 0. The number of hydrogen-bond acceptors (Lipinski definition) is 4.